The van der Waals surface area contributed by atoms with Crippen molar-refractivity contribution in [2.45, 2.75) is 70.9 Å². The van der Waals surface area contributed by atoms with Gasteiger partial charge in [-0.25, -0.2) is 0 Å². The number of hydrogen-bond donors (Lipinski definition) is 1. The molecule has 2 heteroatoms. The number of aromatic nitrogens is 1. The molecule has 1 aromatic rings. The van der Waals surface area contributed by atoms with Gasteiger partial charge in [0.05, 0.1) is 0 Å². The average Bonchev–Trinajstić information content (AvgIpc) is 2.83. The maximum atomic E-state index is 6.20. The van der Waals surface area contributed by atoms with E-state index in [4.69, 9.17) is 5.73 Å². The zero-order valence-electron chi connectivity index (χ0n) is 12.3. The molecular weight excluding hydrogens is 232 g/mol. The minimum absolute atomic E-state index is 0.292. The summed E-state index contributed by atoms with van der Waals surface area (Å²) in [6.07, 6.45) is 13.1. The van der Waals surface area contributed by atoms with E-state index in [1.807, 2.05) is 0 Å². The van der Waals surface area contributed by atoms with Crippen LogP contribution in [0, 0.1) is 11.8 Å². The predicted octanol–water partition coefficient (Wildman–Crippen LogP) is 4.04. The van der Waals surface area contributed by atoms with E-state index in [1.165, 1.54) is 62.7 Å². The molecule has 1 aromatic heterocycles. The van der Waals surface area contributed by atoms with Crippen molar-refractivity contribution in [1.29, 1.82) is 0 Å². The van der Waals surface area contributed by atoms with E-state index in [2.05, 4.69) is 23.8 Å². The fraction of sp³-hybridized carbons (Fsp3) is 0.765. The van der Waals surface area contributed by atoms with Gasteiger partial charge in [0.25, 0.3) is 0 Å². The molecule has 2 nitrogen and oxygen atoms in total. The van der Waals surface area contributed by atoms with E-state index >= 15 is 0 Å². The molecule has 0 spiro atoms. The van der Waals surface area contributed by atoms with E-state index < -0.39 is 0 Å². The zero-order chi connectivity index (χ0) is 13.2. The SMILES string of the molecule is CC1CCC(CCn2ccc3c2CCCC3N)CC1. The van der Waals surface area contributed by atoms with E-state index in [-0.39, 0.29) is 0 Å². The zero-order valence-corrected chi connectivity index (χ0v) is 12.3. The topological polar surface area (TPSA) is 30.9 Å². The van der Waals surface area contributed by atoms with Crippen molar-refractivity contribution in [3.63, 3.8) is 0 Å². The fourth-order valence-corrected chi connectivity index (χ4v) is 3.94. The molecule has 0 radical (unpaired) electrons. The molecule has 1 heterocycles. The Hall–Kier alpha value is -0.760. The Morgan fingerprint density at radius 3 is 2.79 bits per heavy atom. The molecule has 0 bridgehead atoms. The van der Waals surface area contributed by atoms with Crippen LogP contribution in [0.5, 0.6) is 0 Å². The second kappa shape index (κ2) is 5.70. The summed E-state index contributed by atoms with van der Waals surface area (Å²) >= 11 is 0. The molecular formula is C17H28N2. The molecule has 3 rings (SSSR count). The lowest BCUT2D eigenvalue weighted by atomic mass is 9.81. The molecule has 1 fully saturated rings. The van der Waals surface area contributed by atoms with E-state index in [0.717, 1.165) is 18.3 Å². The lowest BCUT2D eigenvalue weighted by molar-refractivity contribution is 0.268. The molecule has 19 heavy (non-hydrogen) atoms. The molecule has 0 aliphatic heterocycles. The van der Waals surface area contributed by atoms with Gasteiger partial charge < -0.3 is 10.3 Å². The van der Waals surface area contributed by atoms with Gasteiger partial charge in [0.1, 0.15) is 0 Å². The third-order valence-electron chi connectivity index (χ3n) is 5.36. The van der Waals surface area contributed by atoms with Gasteiger partial charge in [-0.2, -0.15) is 0 Å². The normalized spacial score (nSPS) is 31.2. The van der Waals surface area contributed by atoms with Crippen LogP contribution in [0.3, 0.4) is 0 Å². The van der Waals surface area contributed by atoms with Crippen molar-refractivity contribution in [2.75, 3.05) is 0 Å². The maximum absolute atomic E-state index is 6.20. The van der Waals surface area contributed by atoms with Crippen LogP contribution in [0.1, 0.15) is 69.2 Å². The highest BCUT2D eigenvalue weighted by molar-refractivity contribution is 5.28. The van der Waals surface area contributed by atoms with Crippen LogP contribution in [-0.2, 0) is 13.0 Å². The second-order valence-electron chi connectivity index (χ2n) is 6.82. The summed E-state index contributed by atoms with van der Waals surface area (Å²) in [7, 11) is 0. The molecule has 1 saturated carbocycles. The minimum atomic E-state index is 0.292. The van der Waals surface area contributed by atoms with Crippen molar-refractivity contribution >= 4 is 0 Å². The second-order valence-corrected chi connectivity index (χ2v) is 6.82. The van der Waals surface area contributed by atoms with Crippen LogP contribution in [-0.4, -0.2) is 4.57 Å². The Morgan fingerprint density at radius 1 is 1.21 bits per heavy atom. The first-order chi connectivity index (χ1) is 9.24. The standard InChI is InChI=1S/C17H28N2/c1-13-5-7-14(8-6-13)9-11-19-12-10-15-16(18)3-2-4-17(15)19/h10,12-14,16H,2-9,11,18H2,1H3. The Balaban J connectivity index is 1.58. The molecule has 0 saturated heterocycles. The van der Waals surface area contributed by atoms with Crippen LogP contribution < -0.4 is 5.73 Å². The third-order valence-corrected chi connectivity index (χ3v) is 5.36. The number of aryl methyl sites for hydroxylation is 1. The summed E-state index contributed by atoms with van der Waals surface area (Å²) < 4.78 is 2.49. The summed E-state index contributed by atoms with van der Waals surface area (Å²) in [5.74, 6) is 1.93. The van der Waals surface area contributed by atoms with Gasteiger partial charge in [0, 0.05) is 24.5 Å². The third kappa shape index (κ3) is 2.89. The van der Waals surface area contributed by atoms with E-state index in [0.29, 0.717) is 6.04 Å². The van der Waals surface area contributed by atoms with Crippen LogP contribution in [0.15, 0.2) is 12.3 Å². The quantitative estimate of drug-likeness (QED) is 0.873. The summed E-state index contributed by atoms with van der Waals surface area (Å²) in [6, 6.07) is 2.56. The average molecular weight is 260 g/mol. The Kier molecular flexibility index (Phi) is 3.97. The molecule has 2 aliphatic rings. The number of nitrogens with two attached hydrogens (primary N) is 1. The first-order valence-electron chi connectivity index (χ1n) is 8.17. The van der Waals surface area contributed by atoms with Crippen molar-refractivity contribution in [3.8, 4) is 0 Å². The van der Waals surface area contributed by atoms with Crippen LogP contribution in [0.25, 0.3) is 0 Å². The maximum Gasteiger partial charge on any atom is 0.0312 e. The van der Waals surface area contributed by atoms with Gasteiger partial charge in [0.15, 0.2) is 0 Å². The number of hydrogen-bond acceptors (Lipinski definition) is 1. The summed E-state index contributed by atoms with van der Waals surface area (Å²) in [6.45, 7) is 3.61. The number of rotatable bonds is 3. The molecule has 0 aromatic carbocycles. The molecule has 1 atom stereocenters. The van der Waals surface area contributed by atoms with Crippen molar-refractivity contribution in [2.24, 2.45) is 17.6 Å². The molecule has 106 valence electrons. The van der Waals surface area contributed by atoms with Gasteiger partial charge in [-0.1, -0.05) is 32.6 Å². The minimum Gasteiger partial charge on any atom is -0.351 e. The molecule has 0 amide bonds. The van der Waals surface area contributed by atoms with Crippen LogP contribution >= 0.6 is 0 Å². The Labute approximate surface area is 117 Å². The van der Waals surface area contributed by atoms with Gasteiger partial charge >= 0.3 is 0 Å². The smallest absolute Gasteiger partial charge is 0.0312 e. The van der Waals surface area contributed by atoms with Crippen LogP contribution in [0.4, 0.5) is 0 Å². The highest BCUT2D eigenvalue weighted by Gasteiger charge is 2.21. The summed E-state index contributed by atoms with van der Waals surface area (Å²) in [5, 5.41) is 0. The van der Waals surface area contributed by atoms with Crippen LogP contribution in [0.2, 0.25) is 0 Å². The van der Waals surface area contributed by atoms with Gasteiger partial charge in [-0.3, -0.25) is 0 Å². The summed E-state index contributed by atoms with van der Waals surface area (Å²) in [4.78, 5) is 0. The molecule has 1 unspecified atom stereocenters. The summed E-state index contributed by atoms with van der Waals surface area (Å²) in [5.41, 5.74) is 9.15. The number of fused-ring (bicyclic) bond motifs is 1. The lowest BCUT2D eigenvalue weighted by Gasteiger charge is -2.27. The van der Waals surface area contributed by atoms with E-state index in [1.54, 1.807) is 0 Å². The fourth-order valence-electron chi connectivity index (χ4n) is 3.94. The van der Waals surface area contributed by atoms with Crippen molar-refractivity contribution < 1.29 is 0 Å². The highest BCUT2D eigenvalue weighted by atomic mass is 15.0. The molecule has 2 N–H and O–H groups in total. The number of nitrogens with zero attached hydrogens (tertiary/aromatic N) is 1. The molecule has 2 aliphatic carbocycles. The first kappa shape index (κ1) is 13.2. The lowest BCUT2D eigenvalue weighted by Crippen LogP contribution is -2.19. The van der Waals surface area contributed by atoms with Gasteiger partial charge in [0.2, 0.25) is 0 Å². The largest absolute Gasteiger partial charge is 0.351 e. The van der Waals surface area contributed by atoms with Crippen molar-refractivity contribution in [3.05, 3.63) is 23.5 Å². The Bertz CT molecular complexity index is 413. The highest BCUT2D eigenvalue weighted by Crippen LogP contribution is 2.32. The van der Waals surface area contributed by atoms with Crippen molar-refractivity contribution in [1.82, 2.24) is 4.57 Å². The first-order valence-corrected chi connectivity index (χ1v) is 8.17. The monoisotopic (exact) mass is 260 g/mol. The van der Waals surface area contributed by atoms with E-state index in [9.17, 15) is 0 Å². The van der Waals surface area contributed by atoms with Gasteiger partial charge in [-0.05, 0) is 49.1 Å². The van der Waals surface area contributed by atoms with Gasteiger partial charge in [-0.15, -0.1) is 0 Å². The Morgan fingerprint density at radius 2 is 2.00 bits per heavy atom. The predicted molar refractivity (Wildman–Crippen MR) is 80.0 cm³/mol.